The van der Waals surface area contributed by atoms with Crippen LogP contribution in [-0.2, 0) is 6.42 Å². The first-order valence-electron chi connectivity index (χ1n) is 8.88. The second-order valence-corrected chi connectivity index (χ2v) is 6.93. The van der Waals surface area contributed by atoms with E-state index in [-0.39, 0.29) is 5.03 Å². The number of nitrogens with zero attached hydrogens (tertiary/aromatic N) is 6. The Labute approximate surface area is 171 Å². The highest BCUT2D eigenvalue weighted by Gasteiger charge is 2.20. The van der Waals surface area contributed by atoms with Crippen molar-refractivity contribution in [1.29, 1.82) is 0 Å². The minimum absolute atomic E-state index is 0.209. The maximum atomic E-state index is 14.7. The van der Waals surface area contributed by atoms with Crippen molar-refractivity contribution in [2.24, 2.45) is 0 Å². The number of aryl methyl sites for hydroxylation is 1. The van der Waals surface area contributed by atoms with E-state index in [2.05, 4.69) is 25.1 Å². The van der Waals surface area contributed by atoms with E-state index in [0.29, 0.717) is 23.1 Å². The fourth-order valence-corrected chi connectivity index (χ4v) is 3.62. The van der Waals surface area contributed by atoms with Crippen LogP contribution in [0.15, 0.2) is 65.3 Å². The predicted octanol–water partition coefficient (Wildman–Crippen LogP) is 3.98. The average molecular weight is 408 g/mol. The fraction of sp³-hybridized carbons (Fsp3) is 0.150. The van der Waals surface area contributed by atoms with Crippen molar-refractivity contribution >= 4 is 11.8 Å². The van der Waals surface area contributed by atoms with Crippen LogP contribution in [0.3, 0.4) is 0 Å². The third-order valence-corrected chi connectivity index (χ3v) is 5.18. The van der Waals surface area contributed by atoms with Crippen molar-refractivity contribution in [3.05, 3.63) is 66.6 Å². The molecule has 146 valence electrons. The van der Waals surface area contributed by atoms with Gasteiger partial charge in [-0.05, 0) is 54.6 Å². The molecular formula is C20H17FN6OS. The van der Waals surface area contributed by atoms with Gasteiger partial charge in [0.2, 0.25) is 5.16 Å². The lowest BCUT2D eigenvalue weighted by Crippen LogP contribution is -2.02. The zero-order chi connectivity index (χ0) is 20.2. The highest BCUT2D eigenvalue weighted by Crippen LogP contribution is 2.33. The average Bonchev–Trinajstić information content (AvgIpc) is 3.19. The van der Waals surface area contributed by atoms with Gasteiger partial charge in [-0.1, -0.05) is 6.92 Å². The van der Waals surface area contributed by atoms with E-state index in [1.165, 1.54) is 6.33 Å². The van der Waals surface area contributed by atoms with Crippen LogP contribution in [0, 0.1) is 5.82 Å². The summed E-state index contributed by atoms with van der Waals surface area (Å²) in [6.07, 6.45) is 5.22. The molecule has 0 unspecified atom stereocenters. The van der Waals surface area contributed by atoms with Gasteiger partial charge in [0.05, 0.1) is 18.5 Å². The third kappa shape index (κ3) is 3.81. The molecule has 9 heteroatoms. The van der Waals surface area contributed by atoms with Crippen LogP contribution >= 0.6 is 11.8 Å². The molecule has 7 nitrogen and oxygen atoms in total. The summed E-state index contributed by atoms with van der Waals surface area (Å²) in [6.45, 7) is 1.85. The maximum Gasteiger partial charge on any atom is 0.202 e. The molecule has 0 bridgehead atoms. The lowest BCUT2D eigenvalue weighted by molar-refractivity contribution is 0.414. The molecule has 4 rings (SSSR count). The van der Waals surface area contributed by atoms with Gasteiger partial charge in [0.1, 0.15) is 17.1 Å². The van der Waals surface area contributed by atoms with E-state index in [4.69, 9.17) is 4.74 Å². The Morgan fingerprint density at radius 3 is 2.48 bits per heavy atom. The first kappa shape index (κ1) is 19.0. The molecule has 0 amide bonds. The van der Waals surface area contributed by atoms with Crippen molar-refractivity contribution in [2.75, 3.05) is 7.11 Å². The molecule has 3 heterocycles. The third-order valence-electron chi connectivity index (χ3n) is 4.26. The van der Waals surface area contributed by atoms with Gasteiger partial charge in [-0.25, -0.2) is 14.4 Å². The second-order valence-electron chi connectivity index (χ2n) is 5.97. The molecule has 0 fully saturated rings. The molecular weight excluding hydrogens is 391 g/mol. The molecule has 0 radical (unpaired) electrons. The van der Waals surface area contributed by atoms with E-state index >= 15 is 0 Å². The monoisotopic (exact) mass is 408 g/mol. The number of aromatic nitrogens is 6. The Hall–Kier alpha value is -3.33. The molecule has 4 aromatic rings. The highest BCUT2D eigenvalue weighted by molar-refractivity contribution is 7.99. The summed E-state index contributed by atoms with van der Waals surface area (Å²) < 4.78 is 21.8. The number of ether oxygens (including phenoxy) is 1. The van der Waals surface area contributed by atoms with E-state index in [0.717, 1.165) is 28.8 Å². The largest absolute Gasteiger partial charge is 0.497 e. The number of rotatable bonds is 6. The van der Waals surface area contributed by atoms with Gasteiger partial charge in [0.15, 0.2) is 11.6 Å². The first-order valence-corrected chi connectivity index (χ1v) is 9.70. The van der Waals surface area contributed by atoms with Crippen molar-refractivity contribution in [3.8, 4) is 22.8 Å². The minimum Gasteiger partial charge on any atom is -0.497 e. The lowest BCUT2D eigenvalue weighted by Gasteiger charge is -2.11. The fourth-order valence-electron chi connectivity index (χ4n) is 2.78. The minimum atomic E-state index is -0.435. The molecule has 0 atom stereocenters. The van der Waals surface area contributed by atoms with Crippen LogP contribution in [0.4, 0.5) is 4.39 Å². The van der Waals surface area contributed by atoms with E-state index in [1.807, 2.05) is 47.9 Å². The highest BCUT2D eigenvalue weighted by atomic mass is 32.2. The van der Waals surface area contributed by atoms with Gasteiger partial charge in [0, 0.05) is 18.0 Å². The molecule has 0 saturated heterocycles. The molecule has 0 spiro atoms. The first-order chi connectivity index (χ1) is 14.2. The predicted molar refractivity (Wildman–Crippen MR) is 107 cm³/mol. The van der Waals surface area contributed by atoms with Crippen LogP contribution < -0.4 is 4.74 Å². The van der Waals surface area contributed by atoms with E-state index in [1.54, 1.807) is 19.5 Å². The summed E-state index contributed by atoms with van der Waals surface area (Å²) in [5, 5.41) is 9.34. The summed E-state index contributed by atoms with van der Waals surface area (Å²) in [5.41, 5.74) is 2.02. The van der Waals surface area contributed by atoms with Gasteiger partial charge in [0.25, 0.3) is 0 Å². The Morgan fingerprint density at radius 2 is 1.79 bits per heavy atom. The lowest BCUT2D eigenvalue weighted by atomic mass is 10.2. The summed E-state index contributed by atoms with van der Waals surface area (Å²) in [4.78, 5) is 12.1. The molecule has 0 saturated carbocycles. The Kier molecular flexibility index (Phi) is 5.48. The molecule has 29 heavy (non-hydrogen) atoms. The standard InChI is InChI=1S/C20H17FN6OS/c1-3-16-17(21)19(24-12-23-16)29-20-26-25-18(13-8-10-22-11-9-13)27(20)14-4-6-15(28-2)7-5-14/h4-12H,3H2,1-2H3. The number of hydrogen-bond acceptors (Lipinski definition) is 7. The maximum absolute atomic E-state index is 14.7. The molecule has 3 aromatic heterocycles. The van der Waals surface area contributed by atoms with E-state index < -0.39 is 5.82 Å². The molecule has 0 aliphatic rings. The summed E-state index contributed by atoms with van der Waals surface area (Å²) >= 11 is 1.11. The molecule has 0 aliphatic carbocycles. The molecule has 0 aliphatic heterocycles. The zero-order valence-corrected chi connectivity index (χ0v) is 16.6. The van der Waals surface area contributed by atoms with Crippen LogP contribution in [0.25, 0.3) is 17.1 Å². The van der Waals surface area contributed by atoms with Crippen LogP contribution in [0.5, 0.6) is 5.75 Å². The van der Waals surface area contributed by atoms with Gasteiger partial charge >= 0.3 is 0 Å². The van der Waals surface area contributed by atoms with Crippen LogP contribution in [0.2, 0.25) is 0 Å². The summed E-state index contributed by atoms with van der Waals surface area (Å²) in [7, 11) is 1.61. The quantitative estimate of drug-likeness (QED) is 0.447. The normalized spacial score (nSPS) is 10.9. The molecule has 1 aromatic carbocycles. The van der Waals surface area contributed by atoms with Crippen LogP contribution in [-0.4, -0.2) is 36.8 Å². The Bertz CT molecular complexity index is 1120. The molecule has 0 N–H and O–H groups in total. The van der Waals surface area contributed by atoms with Gasteiger partial charge in [-0.2, -0.15) is 0 Å². The van der Waals surface area contributed by atoms with E-state index in [9.17, 15) is 4.39 Å². The number of methoxy groups -OCH3 is 1. The van der Waals surface area contributed by atoms with Crippen molar-refractivity contribution in [1.82, 2.24) is 29.7 Å². The van der Waals surface area contributed by atoms with Gasteiger partial charge < -0.3 is 4.74 Å². The van der Waals surface area contributed by atoms with Crippen molar-refractivity contribution in [2.45, 2.75) is 23.5 Å². The van der Waals surface area contributed by atoms with Gasteiger partial charge in [-0.15, -0.1) is 10.2 Å². The smallest absolute Gasteiger partial charge is 0.202 e. The summed E-state index contributed by atoms with van der Waals surface area (Å²) in [6, 6.07) is 11.2. The number of halogens is 1. The number of benzene rings is 1. The van der Waals surface area contributed by atoms with Crippen molar-refractivity contribution < 1.29 is 9.13 Å². The second kappa shape index (κ2) is 8.36. The number of pyridine rings is 1. The van der Waals surface area contributed by atoms with Crippen molar-refractivity contribution in [3.63, 3.8) is 0 Å². The summed E-state index contributed by atoms with van der Waals surface area (Å²) in [5.74, 6) is 0.913. The zero-order valence-electron chi connectivity index (χ0n) is 15.8. The topological polar surface area (TPSA) is 78.6 Å². The van der Waals surface area contributed by atoms with Gasteiger partial charge in [-0.3, -0.25) is 9.55 Å². The number of hydrogen-bond donors (Lipinski definition) is 0. The SMILES string of the molecule is CCc1ncnc(Sc2nnc(-c3ccncc3)n2-c2ccc(OC)cc2)c1F. The Morgan fingerprint density at radius 1 is 1.03 bits per heavy atom. The Balaban J connectivity index is 1.83. The van der Waals surface area contributed by atoms with Crippen LogP contribution in [0.1, 0.15) is 12.6 Å².